The van der Waals surface area contributed by atoms with E-state index in [0.29, 0.717) is 10.7 Å². The highest BCUT2D eigenvalue weighted by molar-refractivity contribution is 6.33. The Labute approximate surface area is 121 Å². The van der Waals surface area contributed by atoms with Crippen LogP contribution in [0.1, 0.15) is 5.56 Å². The average Bonchev–Trinajstić information content (AvgIpc) is 2.47. The van der Waals surface area contributed by atoms with E-state index in [2.05, 4.69) is 15.0 Å². The van der Waals surface area contributed by atoms with Crippen molar-refractivity contribution in [3.05, 3.63) is 47.4 Å². The molecule has 1 aromatic carbocycles. The van der Waals surface area contributed by atoms with Gasteiger partial charge in [0.1, 0.15) is 17.6 Å². The second-order valence-electron chi connectivity index (χ2n) is 4.41. The molecule has 2 aromatic heterocycles. The van der Waals surface area contributed by atoms with Crippen molar-refractivity contribution in [2.75, 3.05) is 7.11 Å². The Hall–Kier alpha value is -2.20. The molecule has 0 fully saturated rings. The number of ether oxygens (including phenoxy) is 1. The third-order valence-electron chi connectivity index (χ3n) is 3.13. The highest BCUT2D eigenvalue weighted by Crippen LogP contribution is 2.27. The van der Waals surface area contributed by atoms with E-state index in [9.17, 15) is 0 Å². The Morgan fingerprint density at radius 1 is 1.10 bits per heavy atom. The first-order valence-corrected chi connectivity index (χ1v) is 6.49. The van der Waals surface area contributed by atoms with E-state index in [4.69, 9.17) is 16.3 Å². The fourth-order valence-corrected chi connectivity index (χ4v) is 2.29. The third kappa shape index (κ3) is 2.18. The van der Waals surface area contributed by atoms with Crippen LogP contribution in [0, 0.1) is 6.92 Å². The molecule has 0 unspecified atom stereocenters. The molecule has 0 amide bonds. The summed E-state index contributed by atoms with van der Waals surface area (Å²) in [6, 6.07) is 9.75. The summed E-state index contributed by atoms with van der Waals surface area (Å²) in [6.07, 6.45) is 1.43. The number of benzene rings is 1. The first kappa shape index (κ1) is 12.8. The molecule has 3 aromatic rings. The van der Waals surface area contributed by atoms with Crippen molar-refractivity contribution in [3.63, 3.8) is 0 Å². The molecule has 0 saturated carbocycles. The minimum Gasteiger partial charge on any atom is -0.496 e. The molecule has 0 aliphatic heterocycles. The summed E-state index contributed by atoms with van der Waals surface area (Å²) in [6.45, 7) is 2.00. The lowest BCUT2D eigenvalue weighted by Gasteiger charge is -2.08. The van der Waals surface area contributed by atoms with E-state index in [1.165, 1.54) is 6.33 Å². The van der Waals surface area contributed by atoms with Crippen LogP contribution in [0.3, 0.4) is 0 Å². The quantitative estimate of drug-likeness (QED) is 0.674. The van der Waals surface area contributed by atoms with Crippen LogP contribution in [0.2, 0.25) is 5.15 Å². The molecule has 0 N–H and O–H groups in total. The van der Waals surface area contributed by atoms with Gasteiger partial charge in [0.2, 0.25) is 0 Å². The van der Waals surface area contributed by atoms with Gasteiger partial charge in [0, 0.05) is 5.56 Å². The van der Waals surface area contributed by atoms with Crippen LogP contribution in [0.25, 0.3) is 22.3 Å². The standard InChI is InChI=1S/C15H12ClN3O/c1-9-7-10(3-6-13(9)20-2)11-4-5-12-14(19-11)15(16)18-8-17-12/h3-8H,1-2H3. The van der Waals surface area contributed by atoms with Gasteiger partial charge in [-0.15, -0.1) is 0 Å². The molecule has 0 atom stereocenters. The van der Waals surface area contributed by atoms with Crippen molar-refractivity contribution in [1.29, 1.82) is 0 Å². The molecule has 5 heteroatoms. The smallest absolute Gasteiger partial charge is 0.158 e. The summed E-state index contributed by atoms with van der Waals surface area (Å²) in [4.78, 5) is 12.6. The van der Waals surface area contributed by atoms with E-state index in [0.717, 1.165) is 28.1 Å². The van der Waals surface area contributed by atoms with E-state index in [1.54, 1.807) is 7.11 Å². The zero-order valence-electron chi connectivity index (χ0n) is 11.1. The fraction of sp³-hybridized carbons (Fsp3) is 0.133. The van der Waals surface area contributed by atoms with Gasteiger partial charge in [0.15, 0.2) is 5.15 Å². The maximum absolute atomic E-state index is 6.06. The number of pyridine rings is 1. The van der Waals surface area contributed by atoms with Gasteiger partial charge < -0.3 is 4.74 Å². The molecule has 2 heterocycles. The van der Waals surface area contributed by atoms with Crippen LogP contribution < -0.4 is 4.74 Å². The molecule has 0 saturated heterocycles. The van der Waals surface area contributed by atoms with E-state index in [1.807, 2.05) is 37.3 Å². The fourth-order valence-electron chi connectivity index (χ4n) is 2.11. The first-order valence-electron chi connectivity index (χ1n) is 6.11. The molecule has 0 bridgehead atoms. The summed E-state index contributed by atoms with van der Waals surface area (Å²) < 4.78 is 5.26. The van der Waals surface area contributed by atoms with Gasteiger partial charge in [-0.1, -0.05) is 11.6 Å². The Kier molecular flexibility index (Phi) is 3.24. The average molecular weight is 286 g/mol. The highest BCUT2D eigenvalue weighted by atomic mass is 35.5. The maximum atomic E-state index is 6.06. The summed E-state index contributed by atoms with van der Waals surface area (Å²) in [7, 11) is 1.66. The number of aromatic nitrogens is 3. The van der Waals surface area contributed by atoms with Crippen molar-refractivity contribution in [1.82, 2.24) is 15.0 Å². The number of nitrogens with zero attached hydrogens (tertiary/aromatic N) is 3. The molecule has 20 heavy (non-hydrogen) atoms. The Morgan fingerprint density at radius 3 is 2.70 bits per heavy atom. The van der Waals surface area contributed by atoms with Gasteiger partial charge in [-0.2, -0.15) is 0 Å². The van der Waals surface area contributed by atoms with Gasteiger partial charge in [-0.3, -0.25) is 0 Å². The van der Waals surface area contributed by atoms with Gasteiger partial charge in [0.25, 0.3) is 0 Å². The van der Waals surface area contributed by atoms with Crippen LogP contribution in [0.4, 0.5) is 0 Å². The lowest BCUT2D eigenvalue weighted by molar-refractivity contribution is 0.412. The number of fused-ring (bicyclic) bond motifs is 1. The number of hydrogen-bond acceptors (Lipinski definition) is 4. The van der Waals surface area contributed by atoms with Crippen LogP contribution >= 0.6 is 11.6 Å². The molecule has 0 radical (unpaired) electrons. The number of halogens is 1. The van der Waals surface area contributed by atoms with E-state index in [-0.39, 0.29) is 0 Å². The molecular weight excluding hydrogens is 274 g/mol. The van der Waals surface area contributed by atoms with Gasteiger partial charge in [0.05, 0.1) is 18.3 Å². The molecule has 4 nitrogen and oxygen atoms in total. The molecule has 0 spiro atoms. The van der Waals surface area contributed by atoms with Crippen LogP contribution in [0.5, 0.6) is 5.75 Å². The van der Waals surface area contributed by atoms with Crippen molar-refractivity contribution >= 4 is 22.6 Å². The number of rotatable bonds is 2. The minimum absolute atomic E-state index is 0.363. The largest absolute Gasteiger partial charge is 0.496 e. The third-order valence-corrected chi connectivity index (χ3v) is 3.40. The minimum atomic E-state index is 0.363. The molecular formula is C15H12ClN3O. The van der Waals surface area contributed by atoms with Crippen LogP contribution in [-0.4, -0.2) is 22.1 Å². The summed E-state index contributed by atoms with van der Waals surface area (Å²) in [5, 5.41) is 0.363. The second kappa shape index (κ2) is 5.06. The van der Waals surface area contributed by atoms with Gasteiger partial charge in [-0.05, 0) is 42.8 Å². The SMILES string of the molecule is COc1ccc(-c2ccc3ncnc(Cl)c3n2)cc1C. The molecule has 0 aliphatic carbocycles. The van der Waals surface area contributed by atoms with Crippen molar-refractivity contribution in [3.8, 4) is 17.0 Å². The van der Waals surface area contributed by atoms with Crippen LogP contribution in [-0.2, 0) is 0 Å². The van der Waals surface area contributed by atoms with Gasteiger partial charge >= 0.3 is 0 Å². The zero-order valence-corrected chi connectivity index (χ0v) is 11.8. The van der Waals surface area contributed by atoms with Crippen molar-refractivity contribution < 1.29 is 4.74 Å². The molecule has 100 valence electrons. The zero-order chi connectivity index (χ0) is 14.1. The van der Waals surface area contributed by atoms with Crippen molar-refractivity contribution in [2.45, 2.75) is 6.92 Å². The summed E-state index contributed by atoms with van der Waals surface area (Å²) in [5.41, 5.74) is 4.24. The number of hydrogen-bond donors (Lipinski definition) is 0. The summed E-state index contributed by atoms with van der Waals surface area (Å²) in [5.74, 6) is 0.857. The van der Waals surface area contributed by atoms with E-state index >= 15 is 0 Å². The highest BCUT2D eigenvalue weighted by Gasteiger charge is 2.07. The number of aryl methyl sites for hydroxylation is 1. The normalized spacial score (nSPS) is 10.8. The summed E-state index contributed by atoms with van der Waals surface area (Å²) >= 11 is 6.06. The first-order chi connectivity index (χ1) is 9.69. The predicted molar refractivity (Wildman–Crippen MR) is 79.1 cm³/mol. The number of methoxy groups -OCH3 is 1. The second-order valence-corrected chi connectivity index (χ2v) is 4.77. The Balaban J connectivity index is 2.14. The van der Waals surface area contributed by atoms with Crippen molar-refractivity contribution in [2.24, 2.45) is 0 Å². The monoisotopic (exact) mass is 285 g/mol. The van der Waals surface area contributed by atoms with Gasteiger partial charge in [-0.25, -0.2) is 15.0 Å². The lowest BCUT2D eigenvalue weighted by atomic mass is 10.1. The van der Waals surface area contributed by atoms with E-state index < -0.39 is 0 Å². The molecule has 3 rings (SSSR count). The predicted octanol–water partition coefficient (Wildman–Crippen LogP) is 3.66. The Morgan fingerprint density at radius 2 is 1.95 bits per heavy atom. The lowest BCUT2D eigenvalue weighted by Crippen LogP contribution is -1.92. The maximum Gasteiger partial charge on any atom is 0.158 e. The molecule has 0 aliphatic rings. The Bertz CT molecular complexity index is 789. The topological polar surface area (TPSA) is 47.9 Å². The van der Waals surface area contributed by atoms with Crippen LogP contribution in [0.15, 0.2) is 36.7 Å².